The van der Waals surface area contributed by atoms with Crippen molar-refractivity contribution in [3.8, 4) is 0 Å². The van der Waals surface area contributed by atoms with Gasteiger partial charge in [-0.3, -0.25) is 4.79 Å². The van der Waals surface area contributed by atoms with Crippen molar-refractivity contribution >= 4 is 39.0 Å². The Bertz CT molecular complexity index is 1020. The van der Waals surface area contributed by atoms with E-state index in [9.17, 15) is 14.0 Å². The van der Waals surface area contributed by atoms with Gasteiger partial charge in [0.2, 0.25) is 0 Å². The van der Waals surface area contributed by atoms with Crippen LogP contribution in [0.5, 0.6) is 0 Å². The van der Waals surface area contributed by atoms with Crippen LogP contribution in [0.1, 0.15) is 26.4 Å². The van der Waals surface area contributed by atoms with Crippen LogP contribution >= 0.6 is 11.3 Å². The van der Waals surface area contributed by atoms with Gasteiger partial charge in [-0.25, -0.2) is 9.18 Å². The molecule has 0 aliphatic carbocycles. The number of amides is 1. The van der Waals surface area contributed by atoms with Gasteiger partial charge in [0, 0.05) is 28.4 Å². The number of ether oxygens (including phenoxy) is 2. The predicted octanol–water partition coefficient (Wildman–Crippen LogP) is 4.60. The fourth-order valence-corrected chi connectivity index (χ4v) is 4.17. The van der Waals surface area contributed by atoms with E-state index in [-0.39, 0.29) is 11.5 Å². The number of fused-ring (bicyclic) bond motifs is 1. The molecule has 0 aliphatic heterocycles. The van der Waals surface area contributed by atoms with Gasteiger partial charge >= 0.3 is 5.97 Å². The molecule has 0 unspecified atom stereocenters. The van der Waals surface area contributed by atoms with Crippen LogP contribution in [-0.2, 0) is 20.9 Å². The Morgan fingerprint density at radius 3 is 2.54 bits per heavy atom. The molecule has 1 amide bonds. The van der Waals surface area contributed by atoms with Crippen LogP contribution in [0.15, 0.2) is 36.4 Å². The fraction of sp³-hybridized carbons (Fsp3) is 0.238. The van der Waals surface area contributed by atoms with Crippen LogP contribution in [0.3, 0.4) is 0 Å². The van der Waals surface area contributed by atoms with Gasteiger partial charge in [0.1, 0.15) is 10.7 Å². The van der Waals surface area contributed by atoms with E-state index in [0.29, 0.717) is 21.3 Å². The molecule has 0 spiro atoms. The predicted molar refractivity (Wildman–Crippen MR) is 107 cm³/mol. The zero-order valence-corrected chi connectivity index (χ0v) is 16.6. The van der Waals surface area contributed by atoms with Crippen LogP contribution in [0.4, 0.5) is 10.1 Å². The van der Waals surface area contributed by atoms with Gasteiger partial charge in [-0.1, -0.05) is 12.1 Å². The molecule has 0 saturated carbocycles. The number of thiophene rings is 1. The smallest absolute Gasteiger partial charge is 0.349 e. The number of benzene rings is 2. The van der Waals surface area contributed by atoms with Crippen molar-refractivity contribution in [3.63, 3.8) is 0 Å². The van der Waals surface area contributed by atoms with E-state index in [1.54, 1.807) is 12.1 Å². The van der Waals surface area contributed by atoms with Crippen molar-refractivity contribution in [1.29, 1.82) is 0 Å². The van der Waals surface area contributed by atoms with E-state index in [1.807, 2.05) is 32.0 Å². The maximum absolute atomic E-state index is 14.2. The number of halogens is 1. The molecule has 1 aromatic heterocycles. The lowest BCUT2D eigenvalue weighted by atomic mass is 10.1. The number of hydrogen-bond donors (Lipinski definition) is 1. The molecule has 0 fully saturated rings. The molecule has 7 heteroatoms. The molecule has 0 atom stereocenters. The molecule has 2 aromatic carbocycles. The Labute approximate surface area is 166 Å². The van der Waals surface area contributed by atoms with Gasteiger partial charge in [-0.05, 0) is 49.2 Å². The van der Waals surface area contributed by atoms with E-state index in [1.165, 1.54) is 13.2 Å². The number of aryl methyl sites for hydroxylation is 2. The molecule has 3 aromatic rings. The van der Waals surface area contributed by atoms with Crippen molar-refractivity contribution < 1.29 is 23.5 Å². The minimum atomic E-state index is -0.678. The van der Waals surface area contributed by atoms with Gasteiger partial charge in [0.05, 0.1) is 6.61 Å². The number of methoxy groups -OCH3 is 1. The number of esters is 1. The second kappa shape index (κ2) is 8.50. The molecular weight excluding hydrogens is 381 g/mol. The summed E-state index contributed by atoms with van der Waals surface area (Å²) in [5.41, 5.74) is 3.11. The lowest BCUT2D eigenvalue weighted by molar-refractivity contribution is -0.119. The van der Waals surface area contributed by atoms with Gasteiger partial charge in [0.15, 0.2) is 6.61 Å². The monoisotopic (exact) mass is 401 g/mol. The van der Waals surface area contributed by atoms with E-state index in [2.05, 4.69) is 5.32 Å². The lowest BCUT2D eigenvalue weighted by Crippen LogP contribution is -2.21. The number of nitrogens with one attached hydrogen (secondary N) is 1. The van der Waals surface area contributed by atoms with Crippen molar-refractivity contribution in [2.24, 2.45) is 0 Å². The third kappa shape index (κ3) is 4.37. The first-order valence-corrected chi connectivity index (χ1v) is 9.44. The Morgan fingerprint density at radius 2 is 1.86 bits per heavy atom. The molecule has 5 nitrogen and oxygen atoms in total. The number of carbonyl (C=O) groups excluding carboxylic acids is 2. The fourth-order valence-electron chi connectivity index (χ4n) is 3.05. The van der Waals surface area contributed by atoms with Crippen LogP contribution in [0.2, 0.25) is 0 Å². The topological polar surface area (TPSA) is 64.6 Å². The molecule has 0 bridgehead atoms. The lowest BCUT2D eigenvalue weighted by Gasteiger charge is -2.09. The van der Waals surface area contributed by atoms with Crippen molar-refractivity contribution in [2.45, 2.75) is 20.5 Å². The second-order valence-electron chi connectivity index (χ2n) is 6.46. The number of anilines is 1. The normalized spacial score (nSPS) is 10.9. The summed E-state index contributed by atoms with van der Waals surface area (Å²) in [6, 6.07) is 10.3. The summed E-state index contributed by atoms with van der Waals surface area (Å²) < 4.78 is 25.1. The van der Waals surface area contributed by atoms with Crippen LogP contribution in [-0.4, -0.2) is 25.6 Å². The average Bonchev–Trinajstić information content (AvgIpc) is 2.99. The summed E-state index contributed by atoms with van der Waals surface area (Å²) >= 11 is 1.12. The maximum atomic E-state index is 14.2. The molecule has 0 saturated heterocycles. The summed E-state index contributed by atoms with van der Waals surface area (Å²) in [5, 5.41) is 3.06. The maximum Gasteiger partial charge on any atom is 0.349 e. The first kappa shape index (κ1) is 20.0. The first-order chi connectivity index (χ1) is 13.4. The third-order valence-corrected chi connectivity index (χ3v) is 5.25. The van der Waals surface area contributed by atoms with E-state index in [4.69, 9.17) is 9.47 Å². The highest BCUT2D eigenvalue weighted by molar-refractivity contribution is 7.21. The van der Waals surface area contributed by atoms with Gasteiger partial charge in [-0.15, -0.1) is 11.3 Å². The van der Waals surface area contributed by atoms with E-state index >= 15 is 0 Å². The van der Waals surface area contributed by atoms with E-state index in [0.717, 1.165) is 22.5 Å². The molecule has 1 N–H and O–H groups in total. The summed E-state index contributed by atoms with van der Waals surface area (Å²) in [6.45, 7) is 3.50. The van der Waals surface area contributed by atoms with Crippen molar-refractivity contribution in [1.82, 2.24) is 0 Å². The van der Waals surface area contributed by atoms with Crippen molar-refractivity contribution in [2.75, 3.05) is 19.0 Å². The Morgan fingerprint density at radius 1 is 1.14 bits per heavy atom. The minimum Gasteiger partial charge on any atom is -0.451 e. The molecule has 28 heavy (non-hydrogen) atoms. The summed E-state index contributed by atoms with van der Waals surface area (Å²) in [7, 11) is 1.47. The number of hydrogen-bond acceptors (Lipinski definition) is 5. The molecule has 0 radical (unpaired) electrons. The zero-order valence-electron chi connectivity index (χ0n) is 15.8. The first-order valence-electron chi connectivity index (χ1n) is 8.63. The quantitative estimate of drug-likeness (QED) is 0.613. The average molecular weight is 401 g/mol. The second-order valence-corrected chi connectivity index (χ2v) is 7.51. The van der Waals surface area contributed by atoms with Gasteiger partial charge < -0.3 is 14.8 Å². The third-order valence-electron chi connectivity index (χ3n) is 4.08. The van der Waals surface area contributed by atoms with Crippen LogP contribution in [0, 0.1) is 19.7 Å². The SMILES string of the molecule is COCc1c(C(=O)OCC(=O)Nc2cc(C)cc(C)c2)sc2cccc(F)c12. The summed E-state index contributed by atoms with van der Waals surface area (Å²) in [6.07, 6.45) is 0. The largest absolute Gasteiger partial charge is 0.451 e. The molecule has 0 aliphatic rings. The highest BCUT2D eigenvalue weighted by Gasteiger charge is 2.22. The number of carbonyl (C=O) groups is 2. The molecular formula is C21H20FNO4S. The molecule has 1 heterocycles. The van der Waals surface area contributed by atoms with Crippen molar-refractivity contribution in [3.05, 3.63) is 63.8 Å². The Hall–Kier alpha value is -2.77. The van der Waals surface area contributed by atoms with Gasteiger partial charge in [-0.2, -0.15) is 0 Å². The van der Waals surface area contributed by atoms with Gasteiger partial charge in [0.25, 0.3) is 5.91 Å². The highest BCUT2D eigenvalue weighted by Crippen LogP contribution is 2.34. The minimum absolute atomic E-state index is 0.0696. The molecule has 3 rings (SSSR count). The number of rotatable bonds is 6. The summed E-state index contributed by atoms with van der Waals surface area (Å²) in [4.78, 5) is 24.9. The van der Waals surface area contributed by atoms with Crippen LogP contribution < -0.4 is 5.32 Å². The Balaban J connectivity index is 1.73. The highest BCUT2D eigenvalue weighted by atomic mass is 32.1. The Kier molecular flexibility index (Phi) is 6.06. The summed E-state index contributed by atoms with van der Waals surface area (Å²) in [5.74, 6) is -1.55. The standard InChI is InChI=1S/C21H20FNO4S/c1-12-7-13(2)9-14(8-12)23-18(24)11-27-21(25)20-15(10-26-3)19-16(22)5-4-6-17(19)28-20/h4-9H,10-11H2,1-3H3,(H,23,24). The van der Waals surface area contributed by atoms with Crippen LogP contribution in [0.25, 0.3) is 10.1 Å². The zero-order chi connectivity index (χ0) is 20.3. The van der Waals surface area contributed by atoms with E-state index < -0.39 is 24.3 Å². The molecule has 146 valence electrons.